The number of hydrogen-bond acceptors (Lipinski definition) is 3. The van der Waals surface area contributed by atoms with Gasteiger partial charge in [0.05, 0.1) is 19.3 Å². The summed E-state index contributed by atoms with van der Waals surface area (Å²) in [6.45, 7) is 1.35. The average Bonchev–Trinajstić information content (AvgIpc) is 3.37. The maximum Gasteiger partial charge on any atom is 0.416 e. The Balaban J connectivity index is 1.56. The van der Waals surface area contributed by atoms with Gasteiger partial charge in [0.2, 0.25) is 0 Å². The van der Waals surface area contributed by atoms with Crippen LogP contribution in [0.3, 0.4) is 0 Å². The van der Waals surface area contributed by atoms with Crippen LogP contribution >= 0.6 is 0 Å². The van der Waals surface area contributed by atoms with Gasteiger partial charge in [0, 0.05) is 35.9 Å². The molecule has 0 spiro atoms. The van der Waals surface area contributed by atoms with Crippen molar-refractivity contribution in [2.24, 2.45) is 0 Å². The van der Waals surface area contributed by atoms with Crippen molar-refractivity contribution in [3.05, 3.63) is 78.1 Å². The number of ether oxygens (including phenoxy) is 2. The Bertz CT molecular complexity index is 934. The summed E-state index contributed by atoms with van der Waals surface area (Å²) in [4.78, 5) is 2.14. The van der Waals surface area contributed by atoms with Crippen LogP contribution in [0.25, 0.3) is 5.69 Å². The zero-order chi connectivity index (χ0) is 19.7. The van der Waals surface area contributed by atoms with E-state index in [0.717, 1.165) is 35.7 Å². The molecule has 0 saturated carbocycles. The number of nitrogens with zero attached hydrogens (tertiary/aromatic N) is 2. The molecule has 2 aromatic carbocycles. The minimum atomic E-state index is -4.34. The van der Waals surface area contributed by atoms with Gasteiger partial charge in [-0.2, -0.15) is 13.2 Å². The Morgan fingerprint density at radius 3 is 2.29 bits per heavy atom. The molecule has 2 heterocycles. The second-order valence-electron chi connectivity index (χ2n) is 6.51. The van der Waals surface area contributed by atoms with E-state index < -0.39 is 11.7 Å². The van der Waals surface area contributed by atoms with E-state index in [1.807, 2.05) is 42.7 Å². The van der Waals surface area contributed by atoms with Gasteiger partial charge in [-0.15, -0.1) is 0 Å². The van der Waals surface area contributed by atoms with Crippen LogP contribution in [0.2, 0.25) is 0 Å². The first-order valence-corrected chi connectivity index (χ1v) is 8.83. The predicted molar refractivity (Wildman–Crippen MR) is 99.8 cm³/mol. The third-order valence-electron chi connectivity index (χ3n) is 4.79. The van der Waals surface area contributed by atoms with Gasteiger partial charge < -0.3 is 18.9 Å². The fourth-order valence-electron chi connectivity index (χ4n) is 3.33. The van der Waals surface area contributed by atoms with E-state index in [-0.39, 0.29) is 6.23 Å². The largest absolute Gasteiger partial charge is 0.497 e. The molecule has 1 fully saturated rings. The highest BCUT2D eigenvalue weighted by atomic mass is 19.4. The number of halogens is 3. The van der Waals surface area contributed by atoms with Crippen LogP contribution in [-0.2, 0) is 10.9 Å². The van der Waals surface area contributed by atoms with Gasteiger partial charge in [-0.3, -0.25) is 0 Å². The lowest BCUT2D eigenvalue weighted by Gasteiger charge is -2.24. The fraction of sp³-hybridized carbons (Fsp3) is 0.238. The van der Waals surface area contributed by atoms with E-state index in [9.17, 15) is 13.2 Å². The van der Waals surface area contributed by atoms with Crippen molar-refractivity contribution in [1.82, 2.24) is 4.57 Å². The van der Waals surface area contributed by atoms with Crippen molar-refractivity contribution in [2.75, 3.05) is 25.2 Å². The summed E-state index contributed by atoms with van der Waals surface area (Å²) in [5.41, 5.74) is 1.96. The Morgan fingerprint density at radius 1 is 0.964 bits per heavy atom. The number of rotatable bonds is 4. The second-order valence-corrected chi connectivity index (χ2v) is 6.51. The minimum absolute atomic E-state index is 0.246. The first-order valence-electron chi connectivity index (χ1n) is 8.83. The van der Waals surface area contributed by atoms with Gasteiger partial charge in [-0.25, -0.2) is 0 Å². The fourth-order valence-corrected chi connectivity index (χ4v) is 3.33. The van der Waals surface area contributed by atoms with Gasteiger partial charge in [0.25, 0.3) is 0 Å². The molecule has 146 valence electrons. The van der Waals surface area contributed by atoms with E-state index in [1.165, 1.54) is 12.1 Å². The Morgan fingerprint density at radius 2 is 1.64 bits per heavy atom. The lowest BCUT2D eigenvalue weighted by atomic mass is 10.2. The molecule has 1 aromatic heterocycles. The van der Waals surface area contributed by atoms with Crippen LogP contribution in [0, 0.1) is 0 Å². The van der Waals surface area contributed by atoms with Crippen molar-refractivity contribution in [1.29, 1.82) is 0 Å². The molecule has 0 amide bonds. The molecule has 0 N–H and O–H groups in total. The van der Waals surface area contributed by atoms with Crippen LogP contribution in [0.5, 0.6) is 5.75 Å². The SMILES string of the molecule is COc1ccc(N2CCOC2c2ccn(-c3ccc(C(F)(F)F)cc3)c2)cc1. The first kappa shape index (κ1) is 18.4. The summed E-state index contributed by atoms with van der Waals surface area (Å²) >= 11 is 0. The Hall–Kier alpha value is -2.93. The smallest absolute Gasteiger partial charge is 0.416 e. The highest BCUT2D eigenvalue weighted by Crippen LogP contribution is 2.34. The van der Waals surface area contributed by atoms with Crippen LogP contribution in [0.1, 0.15) is 17.4 Å². The zero-order valence-corrected chi connectivity index (χ0v) is 15.2. The van der Waals surface area contributed by atoms with E-state index in [1.54, 1.807) is 11.7 Å². The monoisotopic (exact) mass is 388 g/mol. The predicted octanol–water partition coefficient (Wildman–Crippen LogP) is 5.04. The lowest BCUT2D eigenvalue weighted by molar-refractivity contribution is -0.137. The van der Waals surface area contributed by atoms with E-state index in [4.69, 9.17) is 9.47 Å². The summed E-state index contributed by atoms with van der Waals surface area (Å²) in [6.07, 6.45) is -0.873. The molecule has 4 rings (SSSR count). The molecular formula is C21H19F3N2O2. The molecule has 7 heteroatoms. The molecule has 1 aliphatic heterocycles. The average molecular weight is 388 g/mol. The number of anilines is 1. The molecule has 0 radical (unpaired) electrons. The topological polar surface area (TPSA) is 26.6 Å². The molecule has 1 atom stereocenters. The van der Waals surface area contributed by atoms with Crippen molar-refractivity contribution in [3.63, 3.8) is 0 Å². The molecule has 4 nitrogen and oxygen atoms in total. The highest BCUT2D eigenvalue weighted by molar-refractivity contribution is 5.51. The van der Waals surface area contributed by atoms with Crippen LogP contribution < -0.4 is 9.64 Å². The lowest BCUT2D eigenvalue weighted by Crippen LogP contribution is -2.22. The van der Waals surface area contributed by atoms with Crippen molar-refractivity contribution in [2.45, 2.75) is 12.4 Å². The van der Waals surface area contributed by atoms with Crippen molar-refractivity contribution < 1.29 is 22.6 Å². The molecule has 1 saturated heterocycles. The third kappa shape index (κ3) is 3.57. The number of hydrogen-bond donors (Lipinski definition) is 0. The Kier molecular flexibility index (Phi) is 4.77. The van der Waals surface area contributed by atoms with Crippen molar-refractivity contribution >= 4 is 5.69 Å². The van der Waals surface area contributed by atoms with Gasteiger partial charge >= 0.3 is 6.18 Å². The second kappa shape index (κ2) is 7.24. The normalized spacial score (nSPS) is 17.1. The highest BCUT2D eigenvalue weighted by Gasteiger charge is 2.30. The van der Waals surface area contributed by atoms with Crippen LogP contribution in [0.4, 0.5) is 18.9 Å². The quantitative estimate of drug-likeness (QED) is 0.627. The van der Waals surface area contributed by atoms with Crippen molar-refractivity contribution in [3.8, 4) is 11.4 Å². The molecule has 0 aliphatic carbocycles. The molecular weight excluding hydrogens is 369 g/mol. The van der Waals surface area contributed by atoms with Gasteiger partial charge in [-0.1, -0.05) is 0 Å². The number of benzene rings is 2. The summed E-state index contributed by atoms with van der Waals surface area (Å²) in [6, 6.07) is 14.8. The minimum Gasteiger partial charge on any atom is -0.497 e. The standard InChI is InChI=1S/C21H19F3N2O2/c1-27-19-8-6-18(7-9-19)26-12-13-28-20(26)15-10-11-25(14-15)17-4-2-16(3-5-17)21(22,23)24/h2-11,14,20H,12-13H2,1H3. The molecule has 1 unspecified atom stereocenters. The molecule has 0 bridgehead atoms. The van der Waals surface area contributed by atoms with Gasteiger partial charge in [0.15, 0.2) is 6.23 Å². The summed E-state index contributed by atoms with van der Waals surface area (Å²) in [5, 5.41) is 0. The first-order chi connectivity index (χ1) is 13.5. The zero-order valence-electron chi connectivity index (χ0n) is 15.2. The maximum absolute atomic E-state index is 12.7. The number of methoxy groups -OCH3 is 1. The summed E-state index contributed by atoms with van der Waals surface area (Å²) in [7, 11) is 1.63. The molecule has 28 heavy (non-hydrogen) atoms. The van der Waals surface area contributed by atoms with Gasteiger partial charge in [0.1, 0.15) is 5.75 Å². The summed E-state index contributed by atoms with van der Waals surface area (Å²) in [5.74, 6) is 0.786. The van der Waals surface area contributed by atoms with E-state index in [0.29, 0.717) is 12.3 Å². The molecule has 1 aliphatic rings. The summed E-state index contributed by atoms with van der Waals surface area (Å²) < 4.78 is 51.1. The maximum atomic E-state index is 12.7. The van der Waals surface area contributed by atoms with Gasteiger partial charge in [-0.05, 0) is 54.6 Å². The van der Waals surface area contributed by atoms with Crippen LogP contribution in [0.15, 0.2) is 67.0 Å². The van der Waals surface area contributed by atoms with E-state index in [2.05, 4.69) is 4.90 Å². The number of aromatic nitrogens is 1. The van der Waals surface area contributed by atoms with Crippen LogP contribution in [-0.4, -0.2) is 24.8 Å². The van der Waals surface area contributed by atoms with E-state index >= 15 is 0 Å². The Labute approximate surface area is 160 Å². The molecule has 3 aromatic rings. The number of alkyl halides is 3. The third-order valence-corrected chi connectivity index (χ3v) is 4.79.